The molecule has 1 heterocycles. The Morgan fingerprint density at radius 2 is 1.80 bits per heavy atom. The Kier molecular flexibility index (Phi) is 6.46. The monoisotopic (exact) mass is 283 g/mol. The number of amides is 1. The van der Waals surface area contributed by atoms with Crippen molar-refractivity contribution in [2.24, 2.45) is 11.8 Å². The Labute approximate surface area is 124 Å². The fourth-order valence-electron chi connectivity index (χ4n) is 2.67. The van der Waals surface area contributed by atoms with E-state index in [0.29, 0.717) is 17.9 Å². The summed E-state index contributed by atoms with van der Waals surface area (Å²) in [5, 5.41) is 3.53. The molecule has 1 amide bonds. The van der Waals surface area contributed by atoms with Gasteiger partial charge in [0, 0.05) is 19.1 Å². The van der Waals surface area contributed by atoms with Gasteiger partial charge < -0.3 is 9.80 Å². The van der Waals surface area contributed by atoms with Crippen LogP contribution in [-0.2, 0) is 4.79 Å². The Bertz CT molecular complexity index is 315. The molecule has 0 bridgehead atoms. The van der Waals surface area contributed by atoms with Gasteiger partial charge in [-0.05, 0) is 39.2 Å². The van der Waals surface area contributed by atoms with E-state index >= 15 is 0 Å². The molecule has 0 spiro atoms. The van der Waals surface area contributed by atoms with Gasteiger partial charge >= 0.3 is 0 Å². The first-order valence-corrected chi connectivity index (χ1v) is 8.00. The third kappa shape index (κ3) is 4.45. The third-order valence-corrected chi connectivity index (χ3v) is 4.20. The molecule has 1 aliphatic heterocycles. The van der Waals surface area contributed by atoms with Crippen LogP contribution >= 0.6 is 0 Å². The number of nitrogens with one attached hydrogen (secondary N) is 1. The van der Waals surface area contributed by atoms with Gasteiger partial charge in [0.1, 0.15) is 0 Å². The molecule has 0 aromatic carbocycles. The van der Waals surface area contributed by atoms with Gasteiger partial charge in [0.05, 0.1) is 12.2 Å². The van der Waals surface area contributed by atoms with Gasteiger partial charge in [-0.25, -0.2) is 0 Å². The second-order valence-electron chi connectivity index (χ2n) is 7.14. The topological polar surface area (TPSA) is 35.6 Å². The van der Waals surface area contributed by atoms with Crippen LogP contribution in [0.4, 0.5) is 0 Å². The zero-order valence-electron chi connectivity index (χ0n) is 14.3. The first-order valence-electron chi connectivity index (χ1n) is 8.00. The van der Waals surface area contributed by atoms with Crippen molar-refractivity contribution in [2.75, 3.05) is 20.1 Å². The quantitative estimate of drug-likeness (QED) is 0.778. The average Bonchev–Trinajstić information content (AvgIpc) is 2.63. The zero-order chi connectivity index (χ0) is 15.4. The van der Waals surface area contributed by atoms with Crippen LogP contribution in [0.1, 0.15) is 48.0 Å². The van der Waals surface area contributed by atoms with Crippen LogP contribution in [0.3, 0.4) is 0 Å². The molecule has 4 nitrogen and oxygen atoms in total. The largest absolute Gasteiger partial charge is 0.324 e. The van der Waals surface area contributed by atoms with E-state index in [2.05, 4.69) is 63.7 Å². The van der Waals surface area contributed by atoms with Gasteiger partial charge in [0.15, 0.2) is 0 Å². The highest BCUT2D eigenvalue weighted by Crippen LogP contribution is 2.21. The van der Waals surface area contributed by atoms with Gasteiger partial charge in [-0.1, -0.05) is 27.7 Å². The summed E-state index contributed by atoms with van der Waals surface area (Å²) in [5.41, 5.74) is 0. The molecule has 4 heteroatoms. The fourth-order valence-corrected chi connectivity index (χ4v) is 2.67. The first-order chi connectivity index (χ1) is 9.23. The Hall–Kier alpha value is -0.610. The van der Waals surface area contributed by atoms with Crippen molar-refractivity contribution < 1.29 is 4.79 Å². The summed E-state index contributed by atoms with van der Waals surface area (Å²) in [6.45, 7) is 14.8. The van der Waals surface area contributed by atoms with Crippen molar-refractivity contribution in [3.63, 3.8) is 0 Å². The van der Waals surface area contributed by atoms with E-state index in [9.17, 15) is 4.79 Å². The van der Waals surface area contributed by atoms with Gasteiger partial charge in [-0.2, -0.15) is 0 Å². The SMILES string of the molecule is CC(C)CC1NC(C(C)C)N(CCN(C)C(C)C)C1=O. The number of hydrogen-bond donors (Lipinski definition) is 1. The Morgan fingerprint density at radius 1 is 1.20 bits per heavy atom. The number of likely N-dealkylation sites (N-methyl/N-ethyl adjacent to an activating group) is 1. The van der Waals surface area contributed by atoms with E-state index in [-0.39, 0.29) is 18.1 Å². The van der Waals surface area contributed by atoms with E-state index < -0.39 is 0 Å². The molecule has 1 aliphatic rings. The van der Waals surface area contributed by atoms with Gasteiger partial charge in [0.2, 0.25) is 5.91 Å². The molecule has 2 unspecified atom stereocenters. The summed E-state index contributed by atoms with van der Waals surface area (Å²) >= 11 is 0. The minimum absolute atomic E-state index is 0.00626. The van der Waals surface area contributed by atoms with Gasteiger partial charge in [-0.3, -0.25) is 10.1 Å². The number of carbonyl (C=O) groups is 1. The first kappa shape index (κ1) is 17.4. The second kappa shape index (κ2) is 7.41. The summed E-state index contributed by atoms with van der Waals surface area (Å²) in [6.07, 6.45) is 1.12. The van der Waals surface area contributed by atoms with Crippen molar-refractivity contribution in [1.29, 1.82) is 0 Å². The van der Waals surface area contributed by atoms with Crippen LogP contribution in [0.5, 0.6) is 0 Å². The average molecular weight is 283 g/mol. The minimum Gasteiger partial charge on any atom is -0.324 e. The third-order valence-electron chi connectivity index (χ3n) is 4.20. The summed E-state index contributed by atoms with van der Waals surface area (Å²) < 4.78 is 0. The summed E-state index contributed by atoms with van der Waals surface area (Å²) in [7, 11) is 2.12. The lowest BCUT2D eigenvalue weighted by Crippen LogP contribution is -2.45. The molecule has 20 heavy (non-hydrogen) atoms. The van der Waals surface area contributed by atoms with E-state index in [1.807, 2.05) is 0 Å². The fraction of sp³-hybridized carbons (Fsp3) is 0.938. The smallest absolute Gasteiger partial charge is 0.241 e. The summed E-state index contributed by atoms with van der Waals surface area (Å²) in [6, 6.07) is 0.524. The lowest BCUT2D eigenvalue weighted by atomic mass is 10.0. The normalized spacial score (nSPS) is 23.9. The van der Waals surface area contributed by atoms with Gasteiger partial charge in [0.25, 0.3) is 0 Å². The van der Waals surface area contributed by atoms with Crippen molar-refractivity contribution >= 4 is 5.91 Å². The molecular formula is C16H33N3O. The highest BCUT2D eigenvalue weighted by molar-refractivity contribution is 5.84. The number of carbonyl (C=O) groups excluding carboxylic acids is 1. The molecular weight excluding hydrogens is 250 g/mol. The van der Waals surface area contributed by atoms with Gasteiger partial charge in [-0.15, -0.1) is 0 Å². The van der Waals surface area contributed by atoms with Crippen LogP contribution in [0.2, 0.25) is 0 Å². The van der Waals surface area contributed by atoms with Crippen molar-refractivity contribution in [3.8, 4) is 0 Å². The molecule has 1 N–H and O–H groups in total. The Balaban J connectivity index is 2.67. The highest BCUT2D eigenvalue weighted by atomic mass is 16.2. The van der Waals surface area contributed by atoms with Crippen molar-refractivity contribution in [3.05, 3.63) is 0 Å². The maximum Gasteiger partial charge on any atom is 0.241 e. The van der Waals surface area contributed by atoms with Crippen LogP contribution in [0, 0.1) is 11.8 Å². The molecule has 0 aromatic heterocycles. The molecule has 0 aliphatic carbocycles. The lowest BCUT2D eigenvalue weighted by Gasteiger charge is -2.30. The molecule has 0 saturated carbocycles. The number of nitrogens with zero attached hydrogens (tertiary/aromatic N) is 2. The lowest BCUT2D eigenvalue weighted by molar-refractivity contribution is -0.131. The number of rotatable bonds is 7. The van der Waals surface area contributed by atoms with E-state index in [1.165, 1.54) is 0 Å². The molecule has 1 saturated heterocycles. The van der Waals surface area contributed by atoms with E-state index in [4.69, 9.17) is 0 Å². The highest BCUT2D eigenvalue weighted by Gasteiger charge is 2.39. The predicted molar refractivity (Wildman–Crippen MR) is 84.5 cm³/mol. The standard InChI is InChI=1S/C16H33N3O/c1-11(2)10-14-16(20)19(15(17-14)12(3)4)9-8-18(7)13(5)6/h11-15,17H,8-10H2,1-7H3. The summed E-state index contributed by atoms with van der Waals surface area (Å²) in [5.74, 6) is 1.28. The molecule has 0 radical (unpaired) electrons. The molecule has 1 rings (SSSR count). The zero-order valence-corrected chi connectivity index (χ0v) is 14.3. The maximum absolute atomic E-state index is 12.6. The van der Waals surface area contributed by atoms with E-state index in [0.717, 1.165) is 19.5 Å². The molecule has 118 valence electrons. The second-order valence-corrected chi connectivity index (χ2v) is 7.14. The minimum atomic E-state index is 0.00626. The van der Waals surface area contributed by atoms with Crippen LogP contribution in [0.15, 0.2) is 0 Å². The molecule has 1 fully saturated rings. The van der Waals surface area contributed by atoms with Crippen molar-refractivity contribution in [1.82, 2.24) is 15.1 Å². The van der Waals surface area contributed by atoms with Crippen LogP contribution in [-0.4, -0.2) is 54.1 Å². The molecule has 0 aromatic rings. The number of hydrogen-bond acceptors (Lipinski definition) is 3. The van der Waals surface area contributed by atoms with Crippen LogP contribution < -0.4 is 5.32 Å². The Morgan fingerprint density at radius 3 is 2.25 bits per heavy atom. The predicted octanol–water partition coefficient (Wildman–Crippen LogP) is 2.16. The van der Waals surface area contributed by atoms with Crippen molar-refractivity contribution in [2.45, 2.75) is 66.2 Å². The summed E-state index contributed by atoms with van der Waals surface area (Å²) in [4.78, 5) is 16.9. The van der Waals surface area contributed by atoms with E-state index in [1.54, 1.807) is 0 Å². The maximum atomic E-state index is 12.6. The molecule has 2 atom stereocenters. The van der Waals surface area contributed by atoms with Crippen LogP contribution in [0.25, 0.3) is 0 Å².